The van der Waals surface area contributed by atoms with Crippen molar-refractivity contribution in [2.45, 2.75) is 6.10 Å². The van der Waals surface area contributed by atoms with Crippen LogP contribution in [0.4, 0.5) is 14.6 Å². The lowest BCUT2D eigenvalue weighted by molar-refractivity contribution is 0.0911. The van der Waals surface area contributed by atoms with E-state index in [1.54, 1.807) is 7.05 Å². The summed E-state index contributed by atoms with van der Waals surface area (Å²) in [6.07, 6.45) is -1.51. The van der Waals surface area contributed by atoms with Gasteiger partial charge in [-0.05, 0) is 24.3 Å². The number of halogens is 3. The number of aliphatic hydroxyl groups excluding tert-OH is 1. The smallest absolute Gasteiger partial charge is 0.251 e. The van der Waals surface area contributed by atoms with Gasteiger partial charge in [-0.15, -0.1) is 0 Å². The van der Waals surface area contributed by atoms with Crippen molar-refractivity contribution in [1.82, 2.24) is 10.3 Å². The van der Waals surface area contributed by atoms with Crippen LogP contribution in [0.3, 0.4) is 0 Å². The molecule has 122 valence electrons. The standard InChI is InChI=1S/C15H14ClF2N3O2/c1-19-13-6-8(5-12(16)21-13)15(23)20-7-11(22)14-9(17)3-2-4-10(14)18/h2-6,11,22H,7H2,1H3,(H,19,21)(H,20,23). The minimum absolute atomic E-state index is 0.114. The monoisotopic (exact) mass is 341 g/mol. The third kappa shape index (κ3) is 4.14. The van der Waals surface area contributed by atoms with Gasteiger partial charge >= 0.3 is 0 Å². The van der Waals surface area contributed by atoms with E-state index in [0.29, 0.717) is 5.82 Å². The fraction of sp³-hybridized carbons (Fsp3) is 0.200. The zero-order chi connectivity index (χ0) is 17.0. The van der Waals surface area contributed by atoms with E-state index in [9.17, 15) is 18.7 Å². The molecule has 3 N–H and O–H groups in total. The second-order valence-electron chi connectivity index (χ2n) is 4.67. The van der Waals surface area contributed by atoms with Gasteiger partial charge in [0.1, 0.15) is 28.7 Å². The van der Waals surface area contributed by atoms with Crippen molar-refractivity contribution in [2.24, 2.45) is 0 Å². The fourth-order valence-corrected chi connectivity index (χ4v) is 2.19. The first kappa shape index (κ1) is 17.1. The topological polar surface area (TPSA) is 74.2 Å². The molecular weight excluding hydrogens is 328 g/mol. The Kier molecular flexibility index (Phi) is 5.46. The molecule has 1 amide bonds. The molecule has 23 heavy (non-hydrogen) atoms. The molecule has 1 aromatic heterocycles. The molecule has 0 radical (unpaired) electrons. The van der Waals surface area contributed by atoms with Crippen LogP contribution in [0.2, 0.25) is 5.15 Å². The molecule has 0 aliphatic carbocycles. The molecule has 0 spiro atoms. The summed E-state index contributed by atoms with van der Waals surface area (Å²) >= 11 is 5.79. The van der Waals surface area contributed by atoms with Crippen molar-refractivity contribution in [3.8, 4) is 0 Å². The Labute approximate surface area is 136 Å². The zero-order valence-electron chi connectivity index (χ0n) is 12.1. The number of pyridine rings is 1. The van der Waals surface area contributed by atoms with Gasteiger partial charge in [0.15, 0.2) is 0 Å². The number of anilines is 1. The number of carbonyl (C=O) groups is 1. The van der Waals surface area contributed by atoms with Crippen LogP contribution in [-0.2, 0) is 0 Å². The van der Waals surface area contributed by atoms with Gasteiger partial charge in [-0.25, -0.2) is 13.8 Å². The van der Waals surface area contributed by atoms with E-state index in [4.69, 9.17) is 11.6 Å². The average Bonchev–Trinajstić information content (AvgIpc) is 2.51. The van der Waals surface area contributed by atoms with Crippen molar-refractivity contribution in [3.05, 3.63) is 58.2 Å². The normalized spacial score (nSPS) is 11.9. The van der Waals surface area contributed by atoms with Crippen LogP contribution in [0.15, 0.2) is 30.3 Å². The lowest BCUT2D eigenvalue weighted by Gasteiger charge is -2.14. The van der Waals surface area contributed by atoms with Gasteiger partial charge in [0, 0.05) is 19.2 Å². The molecule has 2 aromatic rings. The third-order valence-corrected chi connectivity index (χ3v) is 3.29. The Hall–Kier alpha value is -2.25. The number of amides is 1. The Balaban J connectivity index is 2.08. The summed E-state index contributed by atoms with van der Waals surface area (Å²) in [4.78, 5) is 16.0. The van der Waals surface area contributed by atoms with E-state index in [-0.39, 0.29) is 17.3 Å². The van der Waals surface area contributed by atoms with Crippen LogP contribution in [0, 0.1) is 11.6 Å². The summed E-state index contributed by atoms with van der Waals surface area (Å²) in [5.74, 6) is -1.92. The summed E-state index contributed by atoms with van der Waals surface area (Å²) in [6, 6.07) is 6.05. The number of aromatic nitrogens is 1. The van der Waals surface area contributed by atoms with Crippen molar-refractivity contribution in [2.75, 3.05) is 18.9 Å². The molecule has 0 saturated heterocycles. The fourth-order valence-electron chi connectivity index (χ4n) is 1.98. The number of hydrogen-bond acceptors (Lipinski definition) is 4. The molecule has 5 nitrogen and oxygen atoms in total. The van der Waals surface area contributed by atoms with Crippen LogP contribution in [0.1, 0.15) is 22.0 Å². The molecule has 0 aliphatic heterocycles. The van der Waals surface area contributed by atoms with E-state index in [1.807, 2.05) is 0 Å². The van der Waals surface area contributed by atoms with Crippen molar-refractivity contribution in [1.29, 1.82) is 0 Å². The maximum Gasteiger partial charge on any atom is 0.251 e. The number of benzene rings is 1. The summed E-state index contributed by atoms with van der Waals surface area (Å²) in [7, 11) is 1.62. The molecule has 0 bridgehead atoms. The van der Waals surface area contributed by atoms with E-state index < -0.39 is 29.2 Å². The predicted octanol–water partition coefficient (Wildman–Crippen LogP) is 2.52. The van der Waals surface area contributed by atoms with Gasteiger partial charge in [0.2, 0.25) is 0 Å². The van der Waals surface area contributed by atoms with Gasteiger partial charge in [0.25, 0.3) is 5.91 Å². The summed E-state index contributed by atoms with van der Waals surface area (Å²) in [6.45, 7) is -0.356. The number of rotatable bonds is 5. The Bertz CT molecular complexity index is 708. The van der Waals surface area contributed by atoms with Crippen molar-refractivity contribution >= 4 is 23.3 Å². The van der Waals surface area contributed by atoms with E-state index in [2.05, 4.69) is 15.6 Å². The van der Waals surface area contributed by atoms with Crippen LogP contribution in [0.25, 0.3) is 0 Å². The van der Waals surface area contributed by atoms with Gasteiger partial charge in [0.05, 0.1) is 5.56 Å². The van der Waals surface area contributed by atoms with Gasteiger partial charge in [-0.3, -0.25) is 4.79 Å². The quantitative estimate of drug-likeness (QED) is 0.731. The highest BCUT2D eigenvalue weighted by Gasteiger charge is 2.19. The summed E-state index contributed by atoms with van der Waals surface area (Å²) in [5.41, 5.74) is -0.285. The second-order valence-corrected chi connectivity index (χ2v) is 5.06. The molecule has 8 heteroatoms. The predicted molar refractivity (Wildman–Crippen MR) is 82.4 cm³/mol. The first-order valence-corrected chi connectivity index (χ1v) is 7.05. The minimum atomic E-state index is -1.51. The highest BCUT2D eigenvalue weighted by Crippen LogP contribution is 2.20. The first-order valence-electron chi connectivity index (χ1n) is 6.68. The summed E-state index contributed by atoms with van der Waals surface area (Å²) < 4.78 is 27.1. The number of aliphatic hydroxyl groups is 1. The first-order chi connectivity index (χ1) is 10.9. The molecule has 1 heterocycles. The largest absolute Gasteiger partial charge is 0.386 e. The van der Waals surface area contributed by atoms with Crippen LogP contribution in [0.5, 0.6) is 0 Å². The van der Waals surface area contributed by atoms with Gasteiger partial charge in [-0.1, -0.05) is 17.7 Å². The molecule has 0 fully saturated rings. The van der Waals surface area contributed by atoms with E-state index in [0.717, 1.165) is 12.1 Å². The molecule has 0 saturated carbocycles. The number of nitrogens with one attached hydrogen (secondary N) is 2. The highest BCUT2D eigenvalue weighted by atomic mass is 35.5. The Morgan fingerprint density at radius 3 is 2.61 bits per heavy atom. The van der Waals surface area contributed by atoms with Crippen LogP contribution >= 0.6 is 11.6 Å². The Morgan fingerprint density at radius 1 is 1.35 bits per heavy atom. The highest BCUT2D eigenvalue weighted by molar-refractivity contribution is 6.29. The molecular formula is C15H14ClF2N3O2. The van der Waals surface area contributed by atoms with Gasteiger partial charge < -0.3 is 15.7 Å². The zero-order valence-corrected chi connectivity index (χ0v) is 12.9. The van der Waals surface area contributed by atoms with Crippen LogP contribution in [-0.4, -0.2) is 29.6 Å². The average molecular weight is 342 g/mol. The molecule has 1 atom stereocenters. The molecule has 2 rings (SSSR count). The molecule has 1 aromatic carbocycles. The Morgan fingerprint density at radius 2 is 2.00 bits per heavy atom. The third-order valence-electron chi connectivity index (χ3n) is 3.10. The lowest BCUT2D eigenvalue weighted by Crippen LogP contribution is -2.29. The second kappa shape index (κ2) is 7.34. The minimum Gasteiger partial charge on any atom is -0.386 e. The van der Waals surface area contributed by atoms with Crippen LogP contribution < -0.4 is 10.6 Å². The number of nitrogens with zero attached hydrogens (tertiary/aromatic N) is 1. The summed E-state index contributed by atoms with van der Waals surface area (Å²) in [5, 5.41) is 15.1. The van der Waals surface area contributed by atoms with Crippen molar-refractivity contribution in [3.63, 3.8) is 0 Å². The molecule has 0 aliphatic rings. The van der Waals surface area contributed by atoms with Gasteiger partial charge in [-0.2, -0.15) is 0 Å². The molecule has 1 unspecified atom stereocenters. The van der Waals surface area contributed by atoms with E-state index >= 15 is 0 Å². The number of hydrogen-bond donors (Lipinski definition) is 3. The lowest BCUT2D eigenvalue weighted by atomic mass is 10.1. The maximum absolute atomic E-state index is 13.6. The number of carbonyl (C=O) groups excluding carboxylic acids is 1. The van der Waals surface area contributed by atoms with Crippen molar-refractivity contribution < 1.29 is 18.7 Å². The van der Waals surface area contributed by atoms with E-state index in [1.165, 1.54) is 18.2 Å². The SMILES string of the molecule is CNc1cc(C(=O)NCC(O)c2c(F)cccc2F)cc(Cl)n1. The maximum atomic E-state index is 13.6.